The van der Waals surface area contributed by atoms with Gasteiger partial charge in [0.1, 0.15) is 12.6 Å². The van der Waals surface area contributed by atoms with Crippen LogP contribution in [0.4, 0.5) is 10.5 Å². The summed E-state index contributed by atoms with van der Waals surface area (Å²) in [5.41, 5.74) is 7.40. The summed E-state index contributed by atoms with van der Waals surface area (Å²) >= 11 is 6.12. The van der Waals surface area contributed by atoms with E-state index in [0.29, 0.717) is 29.5 Å². The Kier molecular flexibility index (Phi) is 10.2. The van der Waals surface area contributed by atoms with E-state index in [1.165, 1.54) is 11.1 Å². The molecule has 3 N–H and O–H groups in total. The van der Waals surface area contributed by atoms with Gasteiger partial charge in [0, 0.05) is 13.2 Å². The van der Waals surface area contributed by atoms with Crippen LogP contribution in [0, 0.1) is 0 Å². The van der Waals surface area contributed by atoms with E-state index in [9.17, 15) is 9.59 Å². The quantitative estimate of drug-likeness (QED) is 0.271. The topological polar surface area (TPSA) is 137 Å². The molecule has 0 aliphatic carbocycles. The molecule has 0 radical (unpaired) electrons. The number of hydrogen-bond acceptors (Lipinski definition) is 8. The van der Waals surface area contributed by atoms with Gasteiger partial charge in [-0.1, -0.05) is 55.4 Å². The number of nitrogens with zero attached hydrogens (tertiary/aromatic N) is 5. The van der Waals surface area contributed by atoms with Gasteiger partial charge in [0.15, 0.2) is 16.6 Å². The Morgan fingerprint density at radius 3 is 2.52 bits per heavy atom. The lowest BCUT2D eigenvalue weighted by atomic mass is 10.1. The molecule has 4 aromatic rings. The van der Waals surface area contributed by atoms with Crippen LogP contribution in [0.15, 0.2) is 66.9 Å². The minimum Gasteiger partial charge on any atom is -0.443 e. The number of nitrogens with two attached hydrogens (primary N) is 1. The Morgan fingerprint density at radius 1 is 1.07 bits per heavy atom. The third kappa shape index (κ3) is 7.32. The molecule has 0 spiro atoms. The fourth-order valence-corrected chi connectivity index (χ4v) is 3.97. The number of amides is 2. The number of nitrogens with one attached hydrogen (secondary N) is 1. The normalized spacial score (nSPS) is 11.9. The van der Waals surface area contributed by atoms with Crippen LogP contribution in [0.1, 0.15) is 44.4 Å². The summed E-state index contributed by atoms with van der Waals surface area (Å²) in [6.45, 7) is 3.57. The average Bonchev–Trinajstić information content (AvgIpc) is 3.36. The fraction of sp³-hybridized carbons (Fsp3) is 0.321. The first-order chi connectivity index (χ1) is 18.6. The van der Waals surface area contributed by atoms with Crippen LogP contribution in [-0.4, -0.2) is 50.8 Å². The minimum absolute atomic E-state index is 0. The maximum absolute atomic E-state index is 12.8. The van der Waals surface area contributed by atoms with E-state index in [4.69, 9.17) is 26.8 Å². The highest BCUT2D eigenvalue weighted by Crippen LogP contribution is 2.23. The third-order valence-corrected chi connectivity index (χ3v) is 6.14. The molecule has 4 rings (SSSR count). The molecular weight excluding hydrogens is 534 g/mol. The number of fused-ring (bicyclic) bond motifs is 1. The van der Waals surface area contributed by atoms with Gasteiger partial charge in [-0.3, -0.25) is 14.1 Å². The monoisotopic (exact) mass is 567 g/mol. The minimum atomic E-state index is -1.13. The van der Waals surface area contributed by atoms with Gasteiger partial charge in [-0.25, -0.2) is 9.78 Å². The van der Waals surface area contributed by atoms with Crippen molar-refractivity contribution in [1.82, 2.24) is 24.9 Å². The second kappa shape index (κ2) is 13.3. The molecule has 0 bridgehead atoms. The van der Waals surface area contributed by atoms with Crippen LogP contribution in [0.5, 0.6) is 0 Å². The molecule has 0 saturated heterocycles. The Labute approximate surface area is 238 Å². The predicted molar refractivity (Wildman–Crippen MR) is 153 cm³/mol. The second-order valence-corrected chi connectivity index (χ2v) is 9.80. The van der Waals surface area contributed by atoms with Crippen molar-refractivity contribution in [2.45, 2.75) is 46.1 Å². The second-order valence-electron chi connectivity index (χ2n) is 9.44. The smallest absolute Gasteiger partial charge is 0.414 e. The summed E-state index contributed by atoms with van der Waals surface area (Å²) in [4.78, 5) is 30.9. The first-order valence-corrected chi connectivity index (χ1v) is 12.6. The molecule has 1 aromatic carbocycles. The summed E-state index contributed by atoms with van der Waals surface area (Å²) in [5, 5.41) is 11.7. The van der Waals surface area contributed by atoms with Gasteiger partial charge in [0.2, 0.25) is 5.91 Å². The number of aromatic nitrogens is 4. The number of pyridine rings is 2. The van der Waals surface area contributed by atoms with Crippen molar-refractivity contribution >= 4 is 34.9 Å². The SMILES string of the molecule is C.CN(C(=O)OCc1cccc2nnc([C@@H](COCc3ccccc3)NC(=O)C(C)(C)N)n12)c1cccnc1Cl. The molecule has 3 heterocycles. The van der Waals surface area contributed by atoms with Gasteiger partial charge in [-0.2, -0.15) is 0 Å². The van der Waals surface area contributed by atoms with Crippen LogP contribution < -0.4 is 16.0 Å². The Bertz CT molecular complexity index is 1440. The summed E-state index contributed by atoms with van der Waals surface area (Å²) in [6.07, 6.45) is 0.904. The molecule has 11 nitrogen and oxygen atoms in total. The highest BCUT2D eigenvalue weighted by Gasteiger charge is 2.29. The van der Waals surface area contributed by atoms with Crippen molar-refractivity contribution in [3.8, 4) is 0 Å². The first-order valence-electron chi connectivity index (χ1n) is 12.2. The van der Waals surface area contributed by atoms with Crippen molar-refractivity contribution in [3.05, 3.63) is 89.1 Å². The number of benzene rings is 1. The predicted octanol–water partition coefficient (Wildman–Crippen LogP) is 4.30. The molecule has 0 fully saturated rings. The highest BCUT2D eigenvalue weighted by molar-refractivity contribution is 6.32. The molecule has 0 aliphatic heterocycles. The lowest BCUT2D eigenvalue weighted by Gasteiger charge is -2.24. The number of halogens is 1. The highest BCUT2D eigenvalue weighted by atomic mass is 35.5. The number of rotatable bonds is 10. The Balaban J connectivity index is 0.00000441. The van der Waals surface area contributed by atoms with E-state index in [-0.39, 0.29) is 31.7 Å². The lowest BCUT2D eigenvalue weighted by Crippen LogP contribution is -2.51. The maximum Gasteiger partial charge on any atom is 0.414 e. The zero-order chi connectivity index (χ0) is 28.0. The van der Waals surface area contributed by atoms with E-state index in [2.05, 4.69) is 20.5 Å². The summed E-state index contributed by atoms with van der Waals surface area (Å²) in [6, 6.07) is 17.6. The average molecular weight is 568 g/mol. The van der Waals surface area contributed by atoms with Crippen LogP contribution in [0.25, 0.3) is 5.65 Å². The number of carbonyl (C=O) groups excluding carboxylic acids is 2. The zero-order valence-corrected chi connectivity index (χ0v) is 22.6. The molecule has 0 saturated carbocycles. The number of hydrogen-bond donors (Lipinski definition) is 2. The van der Waals surface area contributed by atoms with Crippen LogP contribution in [0.2, 0.25) is 5.15 Å². The largest absolute Gasteiger partial charge is 0.443 e. The van der Waals surface area contributed by atoms with E-state index < -0.39 is 17.7 Å². The van der Waals surface area contributed by atoms with Crippen molar-refractivity contribution in [2.24, 2.45) is 5.73 Å². The van der Waals surface area contributed by atoms with Gasteiger partial charge in [-0.05, 0) is 43.7 Å². The lowest BCUT2D eigenvalue weighted by molar-refractivity contribution is -0.126. The van der Waals surface area contributed by atoms with Crippen LogP contribution in [0.3, 0.4) is 0 Å². The molecule has 40 heavy (non-hydrogen) atoms. The molecular formula is C28H34ClN7O4. The zero-order valence-electron chi connectivity index (χ0n) is 21.9. The van der Waals surface area contributed by atoms with Gasteiger partial charge < -0.3 is 20.5 Å². The van der Waals surface area contributed by atoms with Gasteiger partial charge in [-0.15, -0.1) is 10.2 Å². The summed E-state index contributed by atoms with van der Waals surface area (Å²) in [5.74, 6) is 0.0254. The van der Waals surface area contributed by atoms with Gasteiger partial charge in [0.25, 0.3) is 0 Å². The molecule has 3 aromatic heterocycles. The third-order valence-electron chi connectivity index (χ3n) is 5.85. The number of ether oxygens (including phenoxy) is 2. The summed E-state index contributed by atoms with van der Waals surface area (Å²) in [7, 11) is 1.54. The van der Waals surface area contributed by atoms with Gasteiger partial charge in [0.05, 0.1) is 30.1 Å². The number of carbonyl (C=O) groups is 2. The molecule has 0 aliphatic rings. The number of anilines is 1. The van der Waals surface area contributed by atoms with E-state index >= 15 is 0 Å². The standard InChI is InChI=1S/C27H30ClN7O4.CH4/c1-27(2,29)25(36)31-20(17-38-15-18-9-5-4-6-10-18)24-33-32-22-13-7-11-19(35(22)24)16-39-26(37)34(3)21-12-8-14-30-23(21)28;/h4-14,20H,15-17,29H2,1-3H3,(H,31,36);1H4/t20-;/m1./s1. The summed E-state index contributed by atoms with van der Waals surface area (Å²) < 4.78 is 13.2. The van der Waals surface area contributed by atoms with E-state index in [1.54, 1.807) is 55.6 Å². The molecule has 212 valence electrons. The van der Waals surface area contributed by atoms with Crippen LogP contribution in [-0.2, 0) is 27.5 Å². The van der Waals surface area contributed by atoms with E-state index in [0.717, 1.165) is 5.56 Å². The maximum atomic E-state index is 12.8. The molecule has 2 amide bonds. The van der Waals surface area contributed by atoms with Crippen molar-refractivity contribution in [3.63, 3.8) is 0 Å². The van der Waals surface area contributed by atoms with Crippen LogP contribution >= 0.6 is 11.6 Å². The van der Waals surface area contributed by atoms with E-state index in [1.807, 2.05) is 30.3 Å². The first kappa shape index (κ1) is 30.5. The molecule has 1 atom stereocenters. The van der Waals surface area contributed by atoms with Crippen molar-refractivity contribution in [1.29, 1.82) is 0 Å². The molecule has 0 unspecified atom stereocenters. The van der Waals surface area contributed by atoms with Crippen molar-refractivity contribution in [2.75, 3.05) is 18.6 Å². The fourth-order valence-electron chi connectivity index (χ4n) is 3.72. The van der Waals surface area contributed by atoms with Crippen molar-refractivity contribution < 1.29 is 19.1 Å². The Hall–Kier alpha value is -4.06. The van der Waals surface area contributed by atoms with Gasteiger partial charge >= 0.3 is 6.09 Å². The molecule has 12 heteroatoms. The Morgan fingerprint density at radius 2 is 1.82 bits per heavy atom.